The monoisotopic (exact) mass is 341 g/mol. The molecule has 5 nitrogen and oxygen atoms in total. The number of hydrogen-bond donors (Lipinski definition) is 1. The summed E-state index contributed by atoms with van der Waals surface area (Å²) in [5, 5.41) is 2.96. The van der Waals surface area contributed by atoms with E-state index >= 15 is 0 Å². The lowest BCUT2D eigenvalue weighted by Crippen LogP contribution is -2.51. The van der Waals surface area contributed by atoms with Crippen molar-refractivity contribution in [2.24, 2.45) is 5.92 Å². The van der Waals surface area contributed by atoms with Gasteiger partial charge in [0, 0.05) is 39.1 Å². The summed E-state index contributed by atoms with van der Waals surface area (Å²) in [6.45, 7) is 3.95. The number of rotatable bonds is 6. The van der Waals surface area contributed by atoms with Gasteiger partial charge in [0.15, 0.2) is 0 Å². The molecule has 0 saturated carbocycles. The molecule has 1 heterocycles. The van der Waals surface area contributed by atoms with Crippen LogP contribution < -0.4 is 5.32 Å². The number of carbonyl (C=O) groups excluding carboxylic acids is 2. The predicted octanol–water partition coefficient (Wildman–Crippen LogP) is 1.80. The third kappa shape index (κ3) is 5.43. The molecule has 0 spiro atoms. The molecule has 1 atom stereocenters. The number of amides is 2. The van der Waals surface area contributed by atoms with Crippen LogP contribution in [0.4, 0.5) is 0 Å². The Bertz CT molecular complexity index is 607. The highest BCUT2D eigenvalue weighted by atomic mass is 16.2. The fourth-order valence-corrected chi connectivity index (χ4v) is 3.43. The molecule has 0 bridgehead atoms. The summed E-state index contributed by atoms with van der Waals surface area (Å²) in [4.78, 5) is 28.5. The van der Waals surface area contributed by atoms with Crippen molar-refractivity contribution in [2.45, 2.75) is 25.8 Å². The normalized spacial score (nSPS) is 20.6. The summed E-state index contributed by atoms with van der Waals surface area (Å²) in [6.07, 6.45) is 7.18. The fraction of sp³-hybridized carbons (Fsp3) is 0.500. The summed E-state index contributed by atoms with van der Waals surface area (Å²) in [5.74, 6) is 0.721. The van der Waals surface area contributed by atoms with Crippen LogP contribution in [0.1, 0.15) is 24.8 Å². The van der Waals surface area contributed by atoms with Crippen molar-refractivity contribution in [2.75, 3.05) is 32.7 Å². The van der Waals surface area contributed by atoms with Gasteiger partial charge in [-0.2, -0.15) is 0 Å². The van der Waals surface area contributed by atoms with Gasteiger partial charge in [0.25, 0.3) is 0 Å². The highest BCUT2D eigenvalue weighted by Crippen LogP contribution is 2.21. The molecule has 1 fully saturated rings. The maximum atomic E-state index is 12.3. The Morgan fingerprint density at radius 2 is 1.84 bits per heavy atom. The van der Waals surface area contributed by atoms with E-state index in [1.54, 1.807) is 0 Å². The Labute approximate surface area is 149 Å². The maximum Gasteiger partial charge on any atom is 0.234 e. The van der Waals surface area contributed by atoms with E-state index in [-0.39, 0.29) is 11.8 Å². The molecule has 1 N–H and O–H groups in total. The number of hydrogen-bond acceptors (Lipinski definition) is 3. The zero-order valence-corrected chi connectivity index (χ0v) is 14.7. The van der Waals surface area contributed by atoms with Gasteiger partial charge >= 0.3 is 0 Å². The van der Waals surface area contributed by atoms with Crippen LogP contribution in [0, 0.1) is 5.92 Å². The zero-order valence-electron chi connectivity index (χ0n) is 14.7. The Morgan fingerprint density at radius 1 is 1.08 bits per heavy atom. The average molecular weight is 341 g/mol. The van der Waals surface area contributed by atoms with Gasteiger partial charge < -0.3 is 10.2 Å². The van der Waals surface area contributed by atoms with Gasteiger partial charge in [-0.1, -0.05) is 42.5 Å². The number of allylic oxidation sites excluding steroid dienone is 2. The van der Waals surface area contributed by atoms with Crippen molar-refractivity contribution in [3.63, 3.8) is 0 Å². The predicted molar refractivity (Wildman–Crippen MR) is 97.8 cm³/mol. The quantitative estimate of drug-likeness (QED) is 0.803. The van der Waals surface area contributed by atoms with Crippen LogP contribution in [-0.4, -0.2) is 54.3 Å². The number of carbonyl (C=O) groups is 2. The minimum absolute atomic E-state index is 0.0414. The smallest absolute Gasteiger partial charge is 0.234 e. The summed E-state index contributed by atoms with van der Waals surface area (Å²) >= 11 is 0. The third-order valence-electron chi connectivity index (χ3n) is 4.97. The molecular formula is C20H27N3O2. The zero-order chi connectivity index (χ0) is 17.5. The van der Waals surface area contributed by atoms with Crippen molar-refractivity contribution in [1.82, 2.24) is 15.1 Å². The number of nitrogens with one attached hydrogen (secondary N) is 1. The van der Waals surface area contributed by atoms with Crippen molar-refractivity contribution >= 4 is 11.8 Å². The van der Waals surface area contributed by atoms with E-state index in [9.17, 15) is 9.59 Å². The first-order chi connectivity index (χ1) is 12.2. The first kappa shape index (κ1) is 17.7. The van der Waals surface area contributed by atoms with E-state index in [1.807, 2.05) is 35.2 Å². The Morgan fingerprint density at radius 3 is 2.52 bits per heavy atom. The number of nitrogens with zero attached hydrogens (tertiary/aromatic N) is 2. The Kier molecular flexibility index (Phi) is 6.23. The summed E-state index contributed by atoms with van der Waals surface area (Å²) in [6, 6.07) is 9.92. The maximum absolute atomic E-state index is 12.3. The molecule has 134 valence electrons. The molecule has 1 saturated heterocycles. The molecule has 5 heteroatoms. The van der Waals surface area contributed by atoms with Gasteiger partial charge in [-0.05, 0) is 24.3 Å². The molecule has 0 radical (unpaired) electrons. The Hall–Kier alpha value is -2.14. The van der Waals surface area contributed by atoms with Crippen LogP contribution in [-0.2, 0) is 16.1 Å². The first-order valence-electron chi connectivity index (χ1n) is 9.18. The van der Waals surface area contributed by atoms with Crippen LogP contribution in [0.2, 0.25) is 0 Å². The topological polar surface area (TPSA) is 52.7 Å². The van der Waals surface area contributed by atoms with Gasteiger partial charge in [-0.25, -0.2) is 0 Å². The lowest BCUT2D eigenvalue weighted by Gasteiger charge is -2.34. The van der Waals surface area contributed by atoms with Crippen molar-refractivity contribution in [3.8, 4) is 0 Å². The molecule has 1 aliphatic heterocycles. The van der Waals surface area contributed by atoms with E-state index < -0.39 is 0 Å². The van der Waals surface area contributed by atoms with Gasteiger partial charge in [0.2, 0.25) is 11.8 Å². The number of piperazine rings is 1. The molecule has 0 aromatic heterocycles. The minimum Gasteiger partial charge on any atom is -0.351 e. The van der Waals surface area contributed by atoms with Gasteiger partial charge in [0.05, 0.1) is 6.54 Å². The second-order valence-electron chi connectivity index (χ2n) is 6.89. The summed E-state index contributed by atoms with van der Waals surface area (Å²) in [5.41, 5.74) is 1.10. The van der Waals surface area contributed by atoms with E-state index in [1.165, 1.54) is 0 Å². The van der Waals surface area contributed by atoms with Gasteiger partial charge in [0.1, 0.15) is 0 Å². The summed E-state index contributed by atoms with van der Waals surface area (Å²) < 4.78 is 0. The molecule has 2 amide bonds. The largest absolute Gasteiger partial charge is 0.351 e. The molecule has 25 heavy (non-hydrogen) atoms. The molecule has 1 aromatic carbocycles. The standard InChI is InChI=1S/C20H27N3O2/c24-19(21-15-18-8-2-1-3-9-18)16-22-10-12-23(13-11-22)20(25)14-17-6-4-5-7-17/h1-4,6,8-9,17H,5,7,10-16H2,(H,21,24). The second-order valence-corrected chi connectivity index (χ2v) is 6.89. The van der Waals surface area contributed by atoms with Gasteiger partial charge in [-0.15, -0.1) is 0 Å². The molecule has 1 aromatic rings. The van der Waals surface area contributed by atoms with E-state index in [0.29, 0.717) is 25.4 Å². The van der Waals surface area contributed by atoms with Crippen LogP contribution in [0.3, 0.4) is 0 Å². The molecular weight excluding hydrogens is 314 g/mol. The molecule has 3 rings (SSSR count). The van der Waals surface area contributed by atoms with Crippen molar-refractivity contribution in [1.29, 1.82) is 0 Å². The lowest BCUT2D eigenvalue weighted by molar-refractivity contribution is -0.133. The van der Waals surface area contributed by atoms with E-state index in [4.69, 9.17) is 0 Å². The highest BCUT2D eigenvalue weighted by Gasteiger charge is 2.24. The molecule has 1 aliphatic carbocycles. The third-order valence-corrected chi connectivity index (χ3v) is 4.97. The van der Waals surface area contributed by atoms with Crippen molar-refractivity contribution < 1.29 is 9.59 Å². The highest BCUT2D eigenvalue weighted by molar-refractivity contribution is 5.78. The van der Waals surface area contributed by atoms with E-state index in [0.717, 1.165) is 44.6 Å². The molecule has 2 aliphatic rings. The number of benzene rings is 1. The van der Waals surface area contributed by atoms with Crippen LogP contribution >= 0.6 is 0 Å². The fourth-order valence-electron chi connectivity index (χ4n) is 3.43. The van der Waals surface area contributed by atoms with Crippen LogP contribution in [0.15, 0.2) is 42.5 Å². The van der Waals surface area contributed by atoms with Crippen LogP contribution in [0.5, 0.6) is 0 Å². The van der Waals surface area contributed by atoms with E-state index in [2.05, 4.69) is 22.4 Å². The second kappa shape index (κ2) is 8.81. The first-order valence-corrected chi connectivity index (χ1v) is 9.18. The van der Waals surface area contributed by atoms with Gasteiger partial charge in [-0.3, -0.25) is 14.5 Å². The summed E-state index contributed by atoms with van der Waals surface area (Å²) in [7, 11) is 0. The van der Waals surface area contributed by atoms with Crippen LogP contribution in [0.25, 0.3) is 0 Å². The lowest BCUT2D eigenvalue weighted by atomic mass is 10.0. The van der Waals surface area contributed by atoms with Crippen molar-refractivity contribution in [3.05, 3.63) is 48.0 Å². The molecule has 1 unspecified atom stereocenters. The Balaban J connectivity index is 1.35. The minimum atomic E-state index is 0.0414. The average Bonchev–Trinajstić information content (AvgIpc) is 3.14. The SMILES string of the molecule is O=C(CN1CCN(C(=O)CC2C=CCC2)CC1)NCc1ccccc1.